The smallest absolute Gasteiger partial charge is 0.227 e. The van der Waals surface area contributed by atoms with Gasteiger partial charge in [-0.05, 0) is 55.3 Å². The molecule has 1 atom stereocenters. The van der Waals surface area contributed by atoms with Gasteiger partial charge in [0, 0.05) is 24.9 Å². The van der Waals surface area contributed by atoms with Crippen molar-refractivity contribution < 1.29 is 19.0 Å². The zero-order valence-electron chi connectivity index (χ0n) is 21.2. The van der Waals surface area contributed by atoms with E-state index in [-0.39, 0.29) is 11.8 Å². The first-order valence-corrected chi connectivity index (χ1v) is 12.2. The first kappa shape index (κ1) is 23.7. The summed E-state index contributed by atoms with van der Waals surface area (Å²) in [6.07, 6.45) is 0.377. The number of fused-ring (bicyclic) bond motifs is 1. The number of amides is 1. The van der Waals surface area contributed by atoms with Gasteiger partial charge in [-0.2, -0.15) is 0 Å². The largest absolute Gasteiger partial charge is 0.497 e. The Balaban J connectivity index is 1.43. The van der Waals surface area contributed by atoms with Crippen LogP contribution in [0, 0.1) is 13.8 Å². The second-order valence-corrected chi connectivity index (χ2v) is 9.17. The molecule has 1 aliphatic heterocycles. The molecule has 36 heavy (non-hydrogen) atoms. The molecule has 0 bridgehead atoms. The number of ether oxygens (including phenoxy) is 3. The number of aromatic nitrogens is 2. The van der Waals surface area contributed by atoms with Gasteiger partial charge < -0.3 is 23.7 Å². The van der Waals surface area contributed by atoms with Gasteiger partial charge in [0.05, 0.1) is 37.5 Å². The van der Waals surface area contributed by atoms with Crippen molar-refractivity contribution in [2.75, 3.05) is 32.3 Å². The van der Waals surface area contributed by atoms with E-state index in [1.165, 1.54) is 5.56 Å². The van der Waals surface area contributed by atoms with E-state index in [0.717, 1.165) is 28.2 Å². The minimum Gasteiger partial charge on any atom is -0.497 e. The summed E-state index contributed by atoms with van der Waals surface area (Å²) >= 11 is 0. The third-order valence-corrected chi connectivity index (χ3v) is 6.77. The van der Waals surface area contributed by atoms with Crippen LogP contribution in [0.2, 0.25) is 0 Å². The van der Waals surface area contributed by atoms with E-state index in [1.54, 1.807) is 19.1 Å². The maximum atomic E-state index is 13.2. The van der Waals surface area contributed by atoms with E-state index < -0.39 is 0 Å². The summed E-state index contributed by atoms with van der Waals surface area (Å²) in [5, 5.41) is 0. The fraction of sp³-hybridized carbons (Fsp3) is 0.310. The molecular weight excluding hydrogens is 454 g/mol. The molecule has 0 saturated carbocycles. The Hall–Kier alpha value is -4.00. The lowest BCUT2D eigenvalue weighted by Gasteiger charge is -2.20. The lowest BCUT2D eigenvalue weighted by atomic mass is 10.1. The second kappa shape index (κ2) is 9.93. The highest BCUT2D eigenvalue weighted by Gasteiger charge is 2.36. The van der Waals surface area contributed by atoms with Crippen molar-refractivity contribution in [3.05, 3.63) is 77.6 Å². The number of nitrogens with zero attached hydrogens (tertiary/aromatic N) is 3. The molecule has 186 valence electrons. The third-order valence-electron chi connectivity index (χ3n) is 6.77. The Kier molecular flexibility index (Phi) is 6.55. The average Bonchev–Trinajstić information content (AvgIpc) is 3.46. The van der Waals surface area contributed by atoms with Crippen molar-refractivity contribution in [2.45, 2.75) is 32.7 Å². The van der Waals surface area contributed by atoms with Gasteiger partial charge in [-0.1, -0.05) is 24.3 Å². The molecular formula is C29H31N3O4. The van der Waals surface area contributed by atoms with Crippen molar-refractivity contribution >= 4 is 22.6 Å². The zero-order chi connectivity index (χ0) is 25.2. The van der Waals surface area contributed by atoms with Crippen LogP contribution in [-0.2, 0) is 11.3 Å². The molecule has 0 spiro atoms. The molecule has 2 heterocycles. The normalized spacial score (nSPS) is 15.5. The lowest BCUT2D eigenvalue weighted by Crippen LogP contribution is -2.25. The molecule has 7 nitrogen and oxygen atoms in total. The fourth-order valence-electron chi connectivity index (χ4n) is 4.87. The van der Waals surface area contributed by atoms with Crippen LogP contribution in [0.5, 0.6) is 17.2 Å². The standard InChI is InChI=1S/C29H31N3O4/c1-19-9-10-20(2)27(15-19)36-14-13-31-24-8-6-5-7-23(24)30-29(31)21-16-28(33)32(18-21)25-17-22(34-3)11-12-26(25)35-4/h5-12,15,17,21H,13-14,16,18H2,1-4H3/t21-/m1/s1. The van der Waals surface area contributed by atoms with E-state index in [2.05, 4.69) is 42.7 Å². The summed E-state index contributed by atoms with van der Waals surface area (Å²) in [6, 6.07) is 19.8. The molecule has 1 aliphatic rings. The minimum atomic E-state index is -0.0542. The molecule has 0 radical (unpaired) electrons. The molecule has 3 aromatic carbocycles. The van der Waals surface area contributed by atoms with Crippen molar-refractivity contribution in [2.24, 2.45) is 0 Å². The molecule has 0 N–H and O–H groups in total. The summed E-state index contributed by atoms with van der Waals surface area (Å²) in [4.78, 5) is 19.9. The fourth-order valence-corrected chi connectivity index (χ4v) is 4.87. The topological polar surface area (TPSA) is 65.8 Å². The monoisotopic (exact) mass is 485 g/mol. The number of carbonyl (C=O) groups is 1. The van der Waals surface area contributed by atoms with Gasteiger partial charge in [0.15, 0.2) is 0 Å². The number of methoxy groups -OCH3 is 2. The van der Waals surface area contributed by atoms with E-state index in [1.807, 2.05) is 36.4 Å². The van der Waals surface area contributed by atoms with E-state index >= 15 is 0 Å². The van der Waals surface area contributed by atoms with E-state index in [9.17, 15) is 4.79 Å². The van der Waals surface area contributed by atoms with E-state index in [0.29, 0.717) is 43.3 Å². The Morgan fingerprint density at radius 2 is 1.81 bits per heavy atom. The zero-order valence-corrected chi connectivity index (χ0v) is 21.2. The predicted molar refractivity (Wildman–Crippen MR) is 140 cm³/mol. The number of para-hydroxylation sites is 2. The maximum absolute atomic E-state index is 13.2. The number of hydrogen-bond donors (Lipinski definition) is 0. The predicted octanol–water partition coefficient (Wildman–Crippen LogP) is 5.27. The first-order chi connectivity index (χ1) is 17.5. The number of hydrogen-bond acceptors (Lipinski definition) is 5. The Bertz CT molecular complexity index is 1410. The molecule has 7 heteroatoms. The van der Waals surface area contributed by atoms with Crippen molar-refractivity contribution in [3.63, 3.8) is 0 Å². The number of carbonyl (C=O) groups excluding carboxylic acids is 1. The number of imidazole rings is 1. The summed E-state index contributed by atoms with van der Waals surface area (Å²) in [7, 11) is 3.22. The molecule has 5 rings (SSSR count). The summed E-state index contributed by atoms with van der Waals surface area (Å²) in [6.45, 7) is 5.78. The summed E-state index contributed by atoms with van der Waals surface area (Å²) < 4.78 is 19.3. The van der Waals surface area contributed by atoms with Crippen molar-refractivity contribution in [1.29, 1.82) is 0 Å². The van der Waals surface area contributed by atoms with Gasteiger partial charge in [0.25, 0.3) is 0 Å². The highest BCUT2D eigenvalue weighted by molar-refractivity contribution is 5.98. The van der Waals surface area contributed by atoms with Crippen LogP contribution in [0.1, 0.15) is 29.3 Å². The van der Waals surface area contributed by atoms with Gasteiger partial charge >= 0.3 is 0 Å². The van der Waals surface area contributed by atoms with E-state index in [4.69, 9.17) is 19.2 Å². The molecule has 1 aromatic heterocycles. The number of rotatable bonds is 8. The quantitative estimate of drug-likeness (QED) is 0.340. The SMILES string of the molecule is COc1ccc(OC)c(N2C[C@H](c3nc4ccccc4n3CCOc3cc(C)ccc3C)CC2=O)c1. The Morgan fingerprint density at radius 3 is 2.61 bits per heavy atom. The van der Waals surface area contributed by atoms with Crippen LogP contribution in [0.25, 0.3) is 11.0 Å². The van der Waals surface area contributed by atoms with Gasteiger partial charge in [0.1, 0.15) is 29.7 Å². The van der Waals surface area contributed by atoms with Gasteiger partial charge in [0.2, 0.25) is 5.91 Å². The summed E-state index contributed by atoms with van der Waals surface area (Å²) in [5.74, 6) is 3.10. The third kappa shape index (κ3) is 4.49. The molecule has 4 aromatic rings. The molecule has 1 amide bonds. The van der Waals surface area contributed by atoms with Crippen molar-refractivity contribution in [3.8, 4) is 17.2 Å². The number of anilines is 1. The van der Waals surface area contributed by atoms with Gasteiger partial charge in [-0.25, -0.2) is 4.98 Å². The highest BCUT2D eigenvalue weighted by Crippen LogP contribution is 2.39. The van der Waals surface area contributed by atoms with Gasteiger partial charge in [-0.3, -0.25) is 4.79 Å². The molecule has 0 aliphatic carbocycles. The summed E-state index contributed by atoms with van der Waals surface area (Å²) in [5.41, 5.74) is 4.96. The van der Waals surface area contributed by atoms with Crippen LogP contribution >= 0.6 is 0 Å². The number of aryl methyl sites for hydroxylation is 2. The number of benzene rings is 3. The Morgan fingerprint density at radius 1 is 0.972 bits per heavy atom. The lowest BCUT2D eigenvalue weighted by molar-refractivity contribution is -0.117. The molecule has 1 saturated heterocycles. The van der Waals surface area contributed by atoms with Crippen LogP contribution in [0.3, 0.4) is 0 Å². The van der Waals surface area contributed by atoms with Gasteiger partial charge in [-0.15, -0.1) is 0 Å². The van der Waals surface area contributed by atoms with Crippen LogP contribution in [0.15, 0.2) is 60.7 Å². The molecule has 0 unspecified atom stereocenters. The maximum Gasteiger partial charge on any atom is 0.227 e. The highest BCUT2D eigenvalue weighted by atomic mass is 16.5. The van der Waals surface area contributed by atoms with Crippen LogP contribution in [-0.4, -0.2) is 42.8 Å². The van der Waals surface area contributed by atoms with Crippen LogP contribution < -0.4 is 19.1 Å². The van der Waals surface area contributed by atoms with Crippen molar-refractivity contribution in [1.82, 2.24) is 9.55 Å². The van der Waals surface area contributed by atoms with Crippen LogP contribution in [0.4, 0.5) is 5.69 Å². The minimum absolute atomic E-state index is 0.0387. The molecule has 1 fully saturated rings. The Labute approximate surface area is 211 Å². The first-order valence-electron chi connectivity index (χ1n) is 12.2. The second-order valence-electron chi connectivity index (χ2n) is 9.17. The average molecular weight is 486 g/mol.